The molecule has 2 aromatic heterocycles. The number of halogens is 1. The Morgan fingerprint density at radius 1 is 1.40 bits per heavy atom. The second-order valence-corrected chi connectivity index (χ2v) is 11.2. The van der Waals surface area contributed by atoms with Crippen molar-refractivity contribution in [3.8, 4) is 6.19 Å². The van der Waals surface area contributed by atoms with Crippen molar-refractivity contribution in [3.63, 3.8) is 0 Å². The number of β-amino-alcohol motifs (C(OH)–C–C–N with tert-alkyl or cyclic N) is 1. The Balaban J connectivity index is 1.29. The molecule has 2 atom stereocenters. The number of benzene rings is 1. The van der Waals surface area contributed by atoms with Gasteiger partial charge in [-0.05, 0) is 42.5 Å². The molecule has 4 heterocycles. The third-order valence-electron chi connectivity index (χ3n) is 7.05. The van der Waals surface area contributed by atoms with E-state index in [0.29, 0.717) is 60.8 Å². The SMILES string of the molecule is Cc1cc2c(c(Cl)c1C(=O)N[C@H](C=O)CN=C(NC#N)N1CC[C@H](O)C1)CCN(C(=O)c1cc3[nH]ncc3s1)C2. The zero-order chi connectivity index (χ0) is 28.4. The summed E-state index contributed by atoms with van der Waals surface area (Å²) in [4.78, 5) is 46.6. The minimum Gasteiger partial charge on any atom is -0.391 e. The van der Waals surface area contributed by atoms with Gasteiger partial charge in [0.2, 0.25) is 5.96 Å². The highest BCUT2D eigenvalue weighted by Gasteiger charge is 2.29. The van der Waals surface area contributed by atoms with Crippen LogP contribution in [0, 0.1) is 18.4 Å². The molecule has 2 aliphatic heterocycles. The Morgan fingerprint density at radius 2 is 2.23 bits per heavy atom. The first-order valence-corrected chi connectivity index (χ1v) is 13.9. The lowest BCUT2D eigenvalue weighted by atomic mass is 9.93. The normalized spacial score (nSPS) is 17.9. The van der Waals surface area contributed by atoms with Crippen LogP contribution in [0.1, 0.15) is 43.1 Å². The number of aromatic nitrogens is 2. The van der Waals surface area contributed by atoms with Gasteiger partial charge in [-0.3, -0.25) is 20.0 Å². The topological polar surface area (TPSA) is 167 Å². The van der Waals surface area contributed by atoms with Gasteiger partial charge in [-0.15, -0.1) is 11.3 Å². The standard InChI is InChI=1S/C26H27ClN8O4S/c1-14-6-15-10-34(25(39)20-7-19-21(40-20)9-31-33-19)5-3-18(15)23(27)22(14)24(38)32-16(12-36)8-29-26(30-13-28)35-4-2-17(37)11-35/h6-7,9,12,16-17,37H,2-5,8,10-11H2,1H3,(H,29,30)(H,31,33)(H,32,38)/t16-,17-/m0/s1. The van der Waals surface area contributed by atoms with Gasteiger partial charge in [-0.1, -0.05) is 17.7 Å². The van der Waals surface area contributed by atoms with Crippen molar-refractivity contribution in [1.82, 2.24) is 30.6 Å². The van der Waals surface area contributed by atoms with Crippen molar-refractivity contribution in [2.75, 3.05) is 26.2 Å². The highest BCUT2D eigenvalue weighted by atomic mass is 35.5. The van der Waals surface area contributed by atoms with Crippen LogP contribution in [0.2, 0.25) is 5.02 Å². The van der Waals surface area contributed by atoms with E-state index >= 15 is 0 Å². The lowest BCUT2D eigenvalue weighted by Gasteiger charge is -2.30. The average molecular weight is 583 g/mol. The lowest BCUT2D eigenvalue weighted by Crippen LogP contribution is -2.42. The van der Waals surface area contributed by atoms with Crippen LogP contribution < -0.4 is 10.6 Å². The van der Waals surface area contributed by atoms with Crippen LogP contribution in [0.5, 0.6) is 0 Å². The molecule has 208 valence electrons. The number of carbonyl (C=O) groups excluding carboxylic acids is 3. The van der Waals surface area contributed by atoms with Gasteiger partial charge in [-0.25, -0.2) is 4.99 Å². The Morgan fingerprint density at radius 3 is 2.92 bits per heavy atom. The Labute approximate surface area is 238 Å². The number of nitrogens with one attached hydrogen (secondary N) is 3. The third-order valence-corrected chi connectivity index (χ3v) is 8.53. The molecule has 12 nitrogen and oxygen atoms in total. The number of amides is 2. The average Bonchev–Trinajstić information content (AvgIpc) is 3.66. The first-order valence-electron chi connectivity index (χ1n) is 12.7. The van der Waals surface area contributed by atoms with Crippen molar-refractivity contribution in [2.24, 2.45) is 4.99 Å². The van der Waals surface area contributed by atoms with E-state index in [1.165, 1.54) is 11.3 Å². The predicted octanol–water partition coefficient (Wildman–Crippen LogP) is 1.58. The van der Waals surface area contributed by atoms with Crippen LogP contribution in [0.3, 0.4) is 0 Å². The monoisotopic (exact) mass is 582 g/mol. The summed E-state index contributed by atoms with van der Waals surface area (Å²) < 4.78 is 0.919. The third kappa shape index (κ3) is 5.51. The van der Waals surface area contributed by atoms with Gasteiger partial charge in [-0.2, -0.15) is 10.4 Å². The van der Waals surface area contributed by atoms with Gasteiger partial charge in [0.05, 0.1) is 44.5 Å². The fourth-order valence-electron chi connectivity index (χ4n) is 5.04. The number of aromatic amines is 1. The highest BCUT2D eigenvalue weighted by molar-refractivity contribution is 7.20. The zero-order valence-corrected chi connectivity index (χ0v) is 23.2. The molecular formula is C26H27ClN8O4S. The molecule has 40 heavy (non-hydrogen) atoms. The number of guanidine groups is 1. The molecule has 14 heteroatoms. The number of hydrogen-bond donors (Lipinski definition) is 4. The van der Waals surface area contributed by atoms with Gasteiger partial charge in [0.25, 0.3) is 11.8 Å². The molecule has 0 saturated carbocycles. The summed E-state index contributed by atoms with van der Waals surface area (Å²) >= 11 is 8.13. The van der Waals surface area contributed by atoms with Crippen molar-refractivity contribution in [3.05, 3.63) is 50.5 Å². The number of likely N-dealkylation sites (tertiary alicyclic amines) is 1. The number of aryl methyl sites for hydroxylation is 1. The molecule has 1 saturated heterocycles. The molecule has 1 fully saturated rings. The van der Waals surface area contributed by atoms with Gasteiger partial charge in [0, 0.05) is 26.2 Å². The summed E-state index contributed by atoms with van der Waals surface area (Å²) in [7, 11) is 0. The fourth-order valence-corrected chi connectivity index (χ4v) is 6.44. The van der Waals surface area contributed by atoms with Crippen molar-refractivity contribution in [2.45, 2.75) is 38.5 Å². The Kier molecular flexibility index (Phi) is 8.02. The Bertz CT molecular complexity index is 1510. The molecule has 1 aromatic carbocycles. The van der Waals surface area contributed by atoms with E-state index < -0.39 is 18.1 Å². The van der Waals surface area contributed by atoms with Crippen LogP contribution in [0.15, 0.2) is 23.3 Å². The predicted molar refractivity (Wildman–Crippen MR) is 149 cm³/mol. The molecule has 0 bridgehead atoms. The minimum atomic E-state index is -0.956. The second kappa shape index (κ2) is 11.6. The van der Waals surface area contributed by atoms with E-state index in [1.54, 1.807) is 29.0 Å². The fraction of sp³-hybridized carbons (Fsp3) is 0.385. The number of thiophene rings is 1. The van der Waals surface area contributed by atoms with Gasteiger partial charge in [0.1, 0.15) is 12.3 Å². The summed E-state index contributed by atoms with van der Waals surface area (Å²) in [5.74, 6) is -0.345. The number of H-pyrrole nitrogens is 1. The van der Waals surface area contributed by atoms with Gasteiger partial charge in [0.15, 0.2) is 6.19 Å². The zero-order valence-electron chi connectivity index (χ0n) is 21.6. The van der Waals surface area contributed by atoms with E-state index in [1.807, 2.05) is 12.3 Å². The van der Waals surface area contributed by atoms with E-state index in [-0.39, 0.29) is 24.0 Å². The van der Waals surface area contributed by atoms with Crippen LogP contribution in [-0.2, 0) is 17.8 Å². The first-order chi connectivity index (χ1) is 19.3. The molecule has 2 amide bonds. The summed E-state index contributed by atoms with van der Waals surface area (Å²) in [5, 5.41) is 31.1. The van der Waals surface area contributed by atoms with Gasteiger partial charge >= 0.3 is 0 Å². The molecule has 3 aromatic rings. The molecule has 0 unspecified atom stereocenters. The summed E-state index contributed by atoms with van der Waals surface area (Å²) in [6, 6.07) is 2.71. The molecule has 4 N–H and O–H groups in total. The minimum absolute atomic E-state index is 0.0704. The first kappa shape index (κ1) is 27.6. The van der Waals surface area contributed by atoms with E-state index in [4.69, 9.17) is 16.9 Å². The number of aldehydes is 1. The number of rotatable bonds is 6. The summed E-state index contributed by atoms with van der Waals surface area (Å²) in [6.45, 7) is 3.31. The number of aliphatic hydroxyl groups is 1. The lowest BCUT2D eigenvalue weighted by molar-refractivity contribution is -0.109. The maximum absolute atomic E-state index is 13.2. The number of aliphatic imine (C=N–C) groups is 1. The van der Waals surface area contributed by atoms with E-state index in [0.717, 1.165) is 21.3 Å². The Hall–Kier alpha value is -3.99. The second-order valence-electron chi connectivity index (χ2n) is 9.76. The highest BCUT2D eigenvalue weighted by Crippen LogP contribution is 2.33. The largest absolute Gasteiger partial charge is 0.391 e. The van der Waals surface area contributed by atoms with Crippen LogP contribution in [-0.4, -0.2) is 87.5 Å². The van der Waals surface area contributed by atoms with Crippen molar-refractivity contribution in [1.29, 1.82) is 5.26 Å². The number of aliphatic hydroxyl groups excluding tert-OH is 1. The number of nitrogens with zero attached hydrogens (tertiary/aromatic N) is 5. The summed E-state index contributed by atoms with van der Waals surface area (Å²) in [6.07, 6.45) is 4.60. The number of carbonyl (C=O) groups is 3. The number of hydrogen-bond acceptors (Lipinski definition) is 8. The number of fused-ring (bicyclic) bond motifs is 2. The van der Waals surface area contributed by atoms with Gasteiger partial charge < -0.3 is 25.0 Å². The molecule has 0 aliphatic carbocycles. The smallest absolute Gasteiger partial charge is 0.264 e. The van der Waals surface area contributed by atoms with E-state index in [9.17, 15) is 19.5 Å². The molecule has 0 radical (unpaired) electrons. The summed E-state index contributed by atoms with van der Waals surface area (Å²) in [5.41, 5.74) is 3.40. The van der Waals surface area contributed by atoms with E-state index in [2.05, 4.69) is 25.8 Å². The maximum Gasteiger partial charge on any atom is 0.264 e. The molecule has 5 rings (SSSR count). The molecular weight excluding hydrogens is 556 g/mol. The number of nitriles is 1. The van der Waals surface area contributed by atoms with Crippen molar-refractivity contribution < 1.29 is 19.5 Å². The molecule has 2 aliphatic rings. The molecule has 0 spiro atoms. The van der Waals surface area contributed by atoms with Crippen LogP contribution in [0.25, 0.3) is 10.2 Å². The van der Waals surface area contributed by atoms with Crippen molar-refractivity contribution >= 4 is 57.2 Å². The van der Waals surface area contributed by atoms with Crippen LogP contribution in [0.4, 0.5) is 0 Å². The van der Waals surface area contributed by atoms with Crippen LogP contribution >= 0.6 is 22.9 Å². The maximum atomic E-state index is 13.2. The quantitative estimate of drug-likeness (QED) is 0.112.